The molecule has 0 spiro atoms. The van der Waals surface area contributed by atoms with E-state index < -0.39 is 5.82 Å². The van der Waals surface area contributed by atoms with Crippen molar-refractivity contribution in [1.82, 2.24) is 19.9 Å². The maximum absolute atomic E-state index is 14.0. The molecular formula is C21H14BrCl2FN4O2. The fraction of sp³-hybridized carbons (Fsp3) is 0.0952. The van der Waals surface area contributed by atoms with Gasteiger partial charge >= 0.3 is 0 Å². The maximum Gasteiger partial charge on any atom is 0.155 e. The van der Waals surface area contributed by atoms with Gasteiger partial charge in [0, 0.05) is 34.1 Å². The topological polar surface area (TPSA) is 72.9 Å². The number of hydrogen-bond acceptors (Lipinski definition) is 5. The van der Waals surface area contributed by atoms with Gasteiger partial charge < -0.3 is 14.5 Å². The highest BCUT2D eigenvalue weighted by molar-refractivity contribution is 9.10. The van der Waals surface area contributed by atoms with Crippen molar-refractivity contribution < 1.29 is 13.9 Å². The van der Waals surface area contributed by atoms with E-state index in [1.165, 1.54) is 19.4 Å². The minimum atomic E-state index is -0.452. The second-order valence-corrected chi connectivity index (χ2v) is 8.01. The van der Waals surface area contributed by atoms with E-state index in [2.05, 4.69) is 35.9 Å². The normalized spacial score (nSPS) is 10.9. The van der Waals surface area contributed by atoms with E-state index in [1.54, 1.807) is 36.5 Å². The molecule has 1 aromatic carbocycles. The Balaban J connectivity index is 1.59. The first kappa shape index (κ1) is 21.5. The lowest BCUT2D eigenvalue weighted by Gasteiger charge is -2.11. The minimum Gasteiger partial charge on any atom is -0.496 e. The summed E-state index contributed by atoms with van der Waals surface area (Å²) in [5.41, 5.74) is 2.20. The number of rotatable bonds is 6. The summed E-state index contributed by atoms with van der Waals surface area (Å²) < 4.78 is 25.7. The van der Waals surface area contributed by atoms with Crippen LogP contribution in [0, 0.1) is 5.82 Å². The number of nitrogens with zero attached hydrogens (tertiary/aromatic N) is 3. The van der Waals surface area contributed by atoms with Crippen molar-refractivity contribution in [3.8, 4) is 34.1 Å². The van der Waals surface area contributed by atoms with Crippen molar-refractivity contribution in [2.24, 2.45) is 0 Å². The van der Waals surface area contributed by atoms with Crippen molar-refractivity contribution in [3.63, 3.8) is 0 Å². The van der Waals surface area contributed by atoms with E-state index in [9.17, 15) is 4.39 Å². The first-order valence-corrected chi connectivity index (χ1v) is 10.5. The molecule has 0 amide bonds. The number of ether oxygens (including phenoxy) is 2. The second kappa shape index (κ2) is 9.21. The van der Waals surface area contributed by atoms with Gasteiger partial charge in [-0.3, -0.25) is 4.98 Å². The summed E-state index contributed by atoms with van der Waals surface area (Å²) in [7, 11) is 1.53. The van der Waals surface area contributed by atoms with Crippen LogP contribution < -0.4 is 9.47 Å². The predicted octanol–water partition coefficient (Wildman–Crippen LogP) is 6.33. The van der Waals surface area contributed by atoms with Crippen molar-refractivity contribution in [2.45, 2.75) is 6.61 Å². The third-order valence-electron chi connectivity index (χ3n) is 4.36. The van der Waals surface area contributed by atoms with Crippen LogP contribution in [0.15, 0.2) is 53.3 Å². The van der Waals surface area contributed by atoms with E-state index in [0.717, 1.165) is 5.56 Å². The van der Waals surface area contributed by atoms with Crippen LogP contribution in [0.1, 0.15) is 5.69 Å². The van der Waals surface area contributed by atoms with Gasteiger partial charge in [-0.25, -0.2) is 14.4 Å². The van der Waals surface area contributed by atoms with Crippen LogP contribution in [0.2, 0.25) is 10.3 Å². The number of nitrogens with one attached hydrogen (secondary N) is 1. The van der Waals surface area contributed by atoms with E-state index in [4.69, 9.17) is 32.7 Å². The van der Waals surface area contributed by atoms with Crippen LogP contribution >= 0.6 is 39.1 Å². The Kier molecular flexibility index (Phi) is 6.41. The van der Waals surface area contributed by atoms with Crippen molar-refractivity contribution in [2.75, 3.05) is 7.11 Å². The number of imidazole rings is 1. The molecule has 31 heavy (non-hydrogen) atoms. The Morgan fingerprint density at radius 2 is 1.94 bits per heavy atom. The van der Waals surface area contributed by atoms with Crippen molar-refractivity contribution in [1.29, 1.82) is 0 Å². The molecular weight excluding hydrogens is 510 g/mol. The van der Waals surface area contributed by atoms with Gasteiger partial charge in [-0.1, -0.05) is 23.2 Å². The maximum atomic E-state index is 14.0. The molecule has 0 aliphatic heterocycles. The molecule has 0 atom stereocenters. The number of aromatic amines is 1. The summed E-state index contributed by atoms with van der Waals surface area (Å²) in [5.74, 6) is 1.09. The SMILES string of the molecule is COc1cc(OCc2ncc(Br)cc2F)ccc1-c1[nH]c(-c2ccc(Cl)nc2)nc1Cl. The fourth-order valence-corrected chi connectivity index (χ4v) is 3.50. The number of hydrogen-bond donors (Lipinski definition) is 1. The lowest BCUT2D eigenvalue weighted by Crippen LogP contribution is -2.02. The van der Waals surface area contributed by atoms with Gasteiger partial charge in [0.1, 0.15) is 40.6 Å². The minimum absolute atomic E-state index is 0.0276. The summed E-state index contributed by atoms with van der Waals surface area (Å²) >= 11 is 15.4. The molecule has 0 fully saturated rings. The zero-order chi connectivity index (χ0) is 22.0. The van der Waals surface area contributed by atoms with E-state index >= 15 is 0 Å². The van der Waals surface area contributed by atoms with Gasteiger partial charge in [0.05, 0.1) is 12.8 Å². The van der Waals surface area contributed by atoms with Gasteiger partial charge in [-0.15, -0.1) is 0 Å². The lowest BCUT2D eigenvalue weighted by molar-refractivity contribution is 0.292. The molecule has 0 aliphatic carbocycles. The van der Waals surface area contributed by atoms with Gasteiger partial charge in [0.25, 0.3) is 0 Å². The summed E-state index contributed by atoms with van der Waals surface area (Å²) in [6, 6.07) is 9.99. The molecule has 0 radical (unpaired) electrons. The molecule has 0 saturated carbocycles. The van der Waals surface area contributed by atoms with Gasteiger partial charge in [0.2, 0.25) is 0 Å². The first-order chi connectivity index (χ1) is 14.9. The Hall–Kier alpha value is -2.68. The predicted molar refractivity (Wildman–Crippen MR) is 120 cm³/mol. The zero-order valence-electron chi connectivity index (χ0n) is 16.0. The van der Waals surface area contributed by atoms with Crippen LogP contribution in [0.5, 0.6) is 11.5 Å². The quantitative estimate of drug-likeness (QED) is 0.299. The third-order valence-corrected chi connectivity index (χ3v) is 5.29. The highest BCUT2D eigenvalue weighted by Crippen LogP contribution is 2.37. The molecule has 4 aromatic rings. The number of benzene rings is 1. The van der Waals surface area contributed by atoms with Crippen molar-refractivity contribution in [3.05, 3.63) is 75.1 Å². The number of pyridine rings is 2. The van der Waals surface area contributed by atoms with Crippen molar-refractivity contribution >= 4 is 39.1 Å². The molecule has 3 heterocycles. The Morgan fingerprint density at radius 3 is 2.65 bits per heavy atom. The average Bonchev–Trinajstić information content (AvgIpc) is 3.14. The molecule has 0 bridgehead atoms. The Labute approximate surface area is 195 Å². The molecule has 10 heteroatoms. The number of halogens is 4. The summed E-state index contributed by atoms with van der Waals surface area (Å²) in [5, 5.41) is 0.662. The number of methoxy groups -OCH3 is 1. The molecule has 3 aromatic heterocycles. The lowest BCUT2D eigenvalue weighted by atomic mass is 10.1. The largest absolute Gasteiger partial charge is 0.496 e. The number of H-pyrrole nitrogens is 1. The highest BCUT2D eigenvalue weighted by atomic mass is 79.9. The van der Waals surface area contributed by atoms with Gasteiger partial charge in [-0.2, -0.15) is 0 Å². The molecule has 158 valence electrons. The third kappa shape index (κ3) is 4.81. The fourth-order valence-electron chi connectivity index (χ4n) is 2.85. The van der Waals surface area contributed by atoms with E-state index in [-0.39, 0.29) is 17.5 Å². The standard InChI is InChI=1S/C21H14BrCl2FN4O2/c1-30-17-7-13(31-10-16-15(25)6-12(22)9-26-16)3-4-14(17)19-20(24)29-21(28-19)11-2-5-18(23)27-8-11/h2-9H,10H2,1H3,(H,28,29). The molecule has 6 nitrogen and oxygen atoms in total. The van der Waals surface area contributed by atoms with Crippen LogP contribution in [0.4, 0.5) is 4.39 Å². The van der Waals surface area contributed by atoms with Crippen LogP contribution in [-0.2, 0) is 6.61 Å². The molecule has 1 N–H and O–H groups in total. The Morgan fingerprint density at radius 1 is 1.10 bits per heavy atom. The molecule has 0 unspecified atom stereocenters. The van der Waals surface area contributed by atoms with Gasteiger partial charge in [0.15, 0.2) is 5.15 Å². The Bertz CT molecular complexity index is 1230. The zero-order valence-corrected chi connectivity index (χ0v) is 19.1. The first-order valence-electron chi connectivity index (χ1n) is 8.93. The summed E-state index contributed by atoms with van der Waals surface area (Å²) in [6.45, 7) is -0.0276. The average molecular weight is 524 g/mol. The van der Waals surface area contributed by atoms with E-state index in [1.807, 2.05) is 0 Å². The molecule has 4 rings (SSSR count). The smallest absolute Gasteiger partial charge is 0.155 e. The molecule has 0 aliphatic rings. The van der Waals surface area contributed by atoms with Crippen LogP contribution in [0.25, 0.3) is 22.6 Å². The molecule has 0 saturated heterocycles. The van der Waals surface area contributed by atoms with Crippen LogP contribution in [0.3, 0.4) is 0 Å². The van der Waals surface area contributed by atoms with Gasteiger partial charge in [-0.05, 0) is 46.3 Å². The summed E-state index contributed by atoms with van der Waals surface area (Å²) in [6.07, 6.45) is 3.12. The van der Waals surface area contributed by atoms with E-state index in [0.29, 0.717) is 38.2 Å². The van der Waals surface area contributed by atoms with Crippen LogP contribution in [-0.4, -0.2) is 27.0 Å². The second-order valence-electron chi connectivity index (χ2n) is 6.35. The monoisotopic (exact) mass is 522 g/mol. The number of aromatic nitrogens is 4. The highest BCUT2D eigenvalue weighted by Gasteiger charge is 2.17. The summed E-state index contributed by atoms with van der Waals surface area (Å²) in [4.78, 5) is 15.6.